The summed E-state index contributed by atoms with van der Waals surface area (Å²) in [5.41, 5.74) is 0.896. The van der Waals surface area contributed by atoms with Crippen LogP contribution in [0.1, 0.15) is 12.7 Å². The van der Waals surface area contributed by atoms with Crippen LogP contribution in [0.4, 0.5) is 11.4 Å². The second-order valence-corrected chi connectivity index (χ2v) is 9.96. The minimum atomic E-state index is -0.465. The fourth-order valence-electron chi connectivity index (χ4n) is 3.10. The lowest BCUT2D eigenvalue weighted by Crippen LogP contribution is -2.28. The largest absolute Gasteiger partial charge is 0.456 e. The van der Waals surface area contributed by atoms with Gasteiger partial charge in [0, 0.05) is 27.6 Å². The Bertz CT molecular complexity index is 1340. The van der Waals surface area contributed by atoms with Crippen molar-refractivity contribution in [2.45, 2.75) is 6.92 Å². The molecule has 0 radical (unpaired) electrons. The third-order valence-corrected chi connectivity index (χ3v) is 7.39. The summed E-state index contributed by atoms with van der Waals surface area (Å²) in [5, 5.41) is 12.5. The van der Waals surface area contributed by atoms with Gasteiger partial charge in [-0.2, -0.15) is 0 Å². The van der Waals surface area contributed by atoms with Gasteiger partial charge in [0.1, 0.15) is 11.5 Å². The Kier molecular flexibility index (Phi) is 7.08. The normalized spacial score (nSPS) is 16.2. The van der Waals surface area contributed by atoms with Crippen molar-refractivity contribution in [1.82, 2.24) is 4.90 Å². The van der Waals surface area contributed by atoms with Gasteiger partial charge in [-0.15, -0.1) is 0 Å². The minimum absolute atomic E-state index is 0.0796. The van der Waals surface area contributed by atoms with Crippen molar-refractivity contribution < 1.29 is 14.1 Å². The van der Waals surface area contributed by atoms with E-state index in [0.717, 1.165) is 4.47 Å². The standard InChI is InChI=1S/C22H14Br2ClN3O4S/c1-2-27-21(29)20(33-22(27)26-13-4-7-16(24)17(25)10-13)11-14-5-8-19(32-14)15-6-3-12(23)9-18(15)28(30)31/h3-11H,2H2,1H3/b20-11+,26-22?. The van der Waals surface area contributed by atoms with Crippen LogP contribution < -0.4 is 0 Å². The summed E-state index contributed by atoms with van der Waals surface area (Å²) in [6.07, 6.45) is 1.61. The zero-order valence-electron chi connectivity index (χ0n) is 16.9. The fourth-order valence-corrected chi connectivity index (χ4v) is 4.92. The quantitative estimate of drug-likeness (QED) is 0.168. The number of nitro groups is 1. The average molecular weight is 612 g/mol. The topological polar surface area (TPSA) is 89.0 Å². The van der Waals surface area contributed by atoms with Gasteiger partial charge in [0.25, 0.3) is 11.6 Å². The highest BCUT2D eigenvalue weighted by Crippen LogP contribution is 2.37. The SMILES string of the molecule is CCN1C(=O)/C(=C\c2ccc(-c3ccc(Br)cc3[N+](=O)[O-])o2)SC1=Nc1ccc(Br)c(Cl)c1. The number of thioether (sulfide) groups is 1. The summed E-state index contributed by atoms with van der Waals surface area (Å²) in [5.74, 6) is 0.543. The van der Waals surface area contributed by atoms with E-state index in [-0.39, 0.29) is 11.6 Å². The van der Waals surface area contributed by atoms with Crippen LogP contribution >= 0.6 is 55.2 Å². The van der Waals surface area contributed by atoms with Gasteiger partial charge in [-0.05, 0) is 77.1 Å². The Hall–Kier alpha value is -2.40. The Morgan fingerprint density at radius 3 is 2.70 bits per heavy atom. The zero-order chi connectivity index (χ0) is 23.7. The summed E-state index contributed by atoms with van der Waals surface area (Å²) in [6.45, 7) is 2.31. The molecule has 0 aliphatic carbocycles. The van der Waals surface area contributed by atoms with Crippen molar-refractivity contribution in [2.24, 2.45) is 4.99 Å². The Balaban J connectivity index is 1.65. The van der Waals surface area contributed by atoms with E-state index in [4.69, 9.17) is 16.0 Å². The molecule has 0 saturated carbocycles. The number of likely N-dealkylation sites (N-methyl/N-ethyl adjacent to an activating group) is 1. The second kappa shape index (κ2) is 9.84. The maximum Gasteiger partial charge on any atom is 0.281 e. The molecule has 2 aromatic carbocycles. The lowest BCUT2D eigenvalue weighted by atomic mass is 10.1. The van der Waals surface area contributed by atoms with Gasteiger partial charge in [0.15, 0.2) is 5.17 Å². The maximum atomic E-state index is 12.9. The number of nitrogens with zero attached hydrogens (tertiary/aromatic N) is 3. The van der Waals surface area contributed by atoms with Crippen LogP contribution in [0.3, 0.4) is 0 Å². The van der Waals surface area contributed by atoms with Crippen molar-refractivity contribution in [3.63, 3.8) is 0 Å². The predicted octanol–water partition coefficient (Wildman–Crippen LogP) is 7.66. The highest BCUT2D eigenvalue weighted by molar-refractivity contribution is 9.10. The molecule has 1 amide bonds. The maximum absolute atomic E-state index is 12.9. The van der Waals surface area contributed by atoms with Crippen LogP contribution in [0.2, 0.25) is 5.02 Å². The summed E-state index contributed by atoms with van der Waals surface area (Å²) in [4.78, 5) is 30.4. The summed E-state index contributed by atoms with van der Waals surface area (Å²) in [7, 11) is 0. The van der Waals surface area contributed by atoms with Crippen molar-refractivity contribution in [3.05, 3.63) is 83.3 Å². The van der Waals surface area contributed by atoms with Crippen LogP contribution in [-0.4, -0.2) is 27.4 Å². The number of amides is 1. The lowest BCUT2D eigenvalue weighted by Gasteiger charge is -2.12. The first-order valence-corrected chi connectivity index (χ1v) is 12.3. The molecule has 33 heavy (non-hydrogen) atoms. The van der Waals surface area contributed by atoms with Crippen molar-refractivity contribution in [3.8, 4) is 11.3 Å². The van der Waals surface area contributed by atoms with E-state index in [9.17, 15) is 14.9 Å². The number of amidine groups is 1. The van der Waals surface area contributed by atoms with Gasteiger partial charge in [-0.3, -0.25) is 19.8 Å². The van der Waals surface area contributed by atoms with Gasteiger partial charge < -0.3 is 4.42 Å². The number of benzene rings is 2. The molecule has 0 N–H and O–H groups in total. The van der Waals surface area contributed by atoms with E-state index in [1.165, 1.54) is 17.8 Å². The first-order chi connectivity index (χ1) is 15.8. The van der Waals surface area contributed by atoms with Gasteiger partial charge in [0.2, 0.25) is 0 Å². The lowest BCUT2D eigenvalue weighted by molar-refractivity contribution is -0.384. The molecule has 0 spiro atoms. The van der Waals surface area contributed by atoms with Crippen LogP contribution in [-0.2, 0) is 4.79 Å². The van der Waals surface area contributed by atoms with Gasteiger partial charge >= 0.3 is 0 Å². The van der Waals surface area contributed by atoms with Crippen LogP contribution in [0.15, 0.2) is 71.8 Å². The third kappa shape index (κ3) is 5.08. The first-order valence-electron chi connectivity index (χ1n) is 9.56. The highest BCUT2D eigenvalue weighted by atomic mass is 79.9. The molecule has 2 heterocycles. The van der Waals surface area contributed by atoms with E-state index in [0.29, 0.717) is 48.9 Å². The number of carbonyl (C=O) groups is 1. The number of rotatable bonds is 5. The zero-order valence-corrected chi connectivity index (χ0v) is 21.7. The van der Waals surface area contributed by atoms with E-state index in [1.54, 1.807) is 53.4 Å². The van der Waals surface area contributed by atoms with Crippen LogP contribution in [0, 0.1) is 10.1 Å². The van der Waals surface area contributed by atoms with E-state index >= 15 is 0 Å². The number of hydrogen-bond donors (Lipinski definition) is 0. The molecule has 0 unspecified atom stereocenters. The molecule has 7 nitrogen and oxygen atoms in total. The summed E-state index contributed by atoms with van der Waals surface area (Å²) < 4.78 is 7.17. The van der Waals surface area contributed by atoms with Crippen molar-refractivity contribution in [1.29, 1.82) is 0 Å². The van der Waals surface area contributed by atoms with Gasteiger partial charge in [0.05, 0.1) is 26.1 Å². The molecule has 1 saturated heterocycles. The van der Waals surface area contributed by atoms with E-state index in [1.807, 2.05) is 6.92 Å². The number of nitro benzene ring substituents is 1. The number of aliphatic imine (C=N–C) groups is 1. The first kappa shape index (κ1) is 23.7. The molecule has 11 heteroatoms. The summed E-state index contributed by atoms with van der Waals surface area (Å²) in [6, 6.07) is 13.3. The molecule has 1 fully saturated rings. The summed E-state index contributed by atoms with van der Waals surface area (Å²) >= 11 is 14.0. The molecule has 168 valence electrons. The Morgan fingerprint density at radius 1 is 1.21 bits per heavy atom. The number of hydrogen-bond acceptors (Lipinski definition) is 6. The minimum Gasteiger partial charge on any atom is -0.456 e. The highest BCUT2D eigenvalue weighted by Gasteiger charge is 2.32. The third-order valence-electron chi connectivity index (χ3n) is 4.65. The molecule has 1 aromatic heterocycles. The van der Waals surface area contributed by atoms with E-state index < -0.39 is 4.92 Å². The predicted molar refractivity (Wildman–Crippen MR) is 138 cm³/mol. The van der Waals surface area contributed by atoms with Gasteiger partial charge in [-0.25, -0.2) is 4.99 Å². The molecule has 0 bridgehead atoms. The number of halogens is 3. The molecule has 1 aliphatic rings. The van der Waals surface area contributed by atoms with Gasteiger partial charge in [-0.1, -0.05) is 27.5 Å². The smallest absolute Gasteiger partial charge is 0.281 e. The monoisotopic (exact) mass is 609 g/mol. The average Bonchev–Trinajstić information content (AvgIpc) is 3.35. The van der Waals surface area contributed by atoms with Crippen LogP contribution in [0.5, 0.6) is 0 Å². The fraction of sp³-hybridized carbons (Fsp3) is 0.0909. The Morgan fingerprint density at radius 2 is 2.00 bits per heavy atom. The molecular formula is C22H14Br2ClN3O4S. The Labute approximate surface area is 214 Å². The molecule has 1 aliphatic heterocycles. The van der Waals surface area contributed by atoms with Crippen molar-refractivity contribution >= 4 is 83.7 Å². The molecular weight excluding hydrogens is 598 g/mol. The number of furan rings is 1. The van der Waals surface area contributed by atoms with Crippen LogP contribution in [0.25, 0.3) is 17.4 Å². The molecule has 3 aromatic rings. The van der Waals surface area contributed by atoms with Crippen molar-refractivity contribution in [2.75, 3.05) is 6.54 Å². The second-order valence-electron chi connectivity index (χ2n) is 6.77. The molecule has 4 rings (SSSR count). The van der Waals surface area contributed by atoms with E-state index in [2.05, 4.69) is 36.9 Å². The number of carbonyl (C=O) groups excluding carboxylic acids is 1. The molecule has 0 atom stereocenters.